The Labute approximate surface area is 94.6 Å². The van der Waals surface area contributed by atoms with Gasteiger partial charge in [-0.25, -0.2) is 0 Å². The highest BCUT2D eigenvalue weighted by Gasteiger charge is 2.26. The first-order valence-electron chi connectivity index (χ1n) is 6.12. The summed E-state index contributed by atoms with van der Waals surface area (Å²) in [5.74, 6) is 1.45. The summed E-state index contributed by atoms with van der Waals surface area (Å²) in [6.07, 6.45) is 5.70. The number of piperidine rings is 1. The van der Waals surface area contributed by atoms with Crippen molar-refractivity contribution in [2.24, 2.45) is 0 Å². The summed E-state index contributed by atoms with van der Waals surface area (Å²) in [5, 5.41) is 7.47. The van der Waals surface area contributed by atoms with Gasteiger partial charge in [0.25, 0.3) is 5.89 Å². The molecule has 5 nitrogen and oxygen atoms in total. The summed E-state index contributed by atoms with van der Waals surface area (Å²) in [4.78, 5) is 4.45. The quantitative estimate of drug-likeness (QED) is 0.827. The van der Waals surface area contributed by atoms with Crippen molar-refractivity contribution in [3.8, 4) is 0 Å². The number of ether oxygens (including phenoxy) is 1. The smallest absolute Gasteiger partial charge is 0.255 e. The predicted octanol–water partition coefficient (Wildman–Crippen LogP) is 1.74. The van der Waals surface area contributed by atoms with Gasteiger partial charge < -0.3 is 14.6 Å². The molecular weight excluding hydrogens is 206 g/mol. The average molecular weight is 223 g/mol. The highest BCUT2D eigenvalue weighted by molar-refractivity contribution is 4.98. The molecule has 0 aromatic carbocycles. The maximum absolute atomic E-state index is 5.52. The summed E-state index contributed by atoms with van der Waals surface area (Å²) < 4.78 is 10.8. The molecule has 2 aliphatic heterocycles. The highest BCUT2D eigenvalue weighted by atomic mass is 16.5. The normalized spacial score (nSPS) is 30.8. The Morgan fingerprint density at radius 2 is 2.19 bits per heavy atom. The van der Waals surface area contributed by atoms with Gasteiger partial charge in [-0.1, -0.05) is 11.6 Å². The van der Waals surface area contributed by atoms with Crippen LogP contribution in [0.5, 0.6) is 0 Å². The summed E-state index contributed by atoms with van der Waals surface area (Å²) in [7, 11) is 0. The lowest BCUT2D eigenvalue weighted by atomic mass is 10.0. The lowest BCUT2D eigenvalue weighted by molar-refractivity contribution is 0.0835. The van der Waals surface area contributed by atoms with E-state index in [9.17, 15) is 0 Å². The largest absolute Gasteiger partial charge is 0.368 e. The van der Waals surface area contributed by atoms with E-state index in [-0.39, 0.29) is 12.1 Å². The van der Waals surface area contributed by atoms with Crippen molar-refractivity contribution in [3.05, 3.63) is 11.7 Å². The van der Waals surface area contributed by atoms with Crippen LogP contribution in [-0.2, 0) is 4.74 Å². The van der Waals surface area contributed by atoms with Gasteiger partial charge in [-0.3, -0.25) is 0 Å². The SMILES string of the molecule is C1CCC(c2noc(C3CCCO3)n2)NC1. The van der Waals surface area contributed by atoms with Crippen LogP contribution in [0.1, 0.15) is 56.0 Å². The average Bonchev–Trinajstić information content (AvgIpc) is 3.01. The lowest BCUT2D eigenvalue weighted by Crippen LogP contribution is -2.27. The van der Waals surface area contributed by atoms with Crippen LogP contribution in [-0.4, -0.2) is 23.3 Å². The fraction of sp³-hybridized carbons (Fsp3) is 0.818. The maximum Gasteiger partial charge on any atom is 0.255 e. The third-order valence-corrected chi connectivity index (χ3v) is 3.28. The van der Waals surface area contributed by atoms with Gasteiger partial charge >= 0.3 is 0 Å². The zero-order chi connectivity index (χ0) is 10.8. The Morgan fingerprint density at radius 1 is 1.19 bits per heavy atom. The molecule has 16 heavy (non-hydrogen) atoms. The van der Waals surface area contributed by atoms with Crippen LogP contribution in [0.2, 0.25) is 0 Å². The van der Waals surface area contributed by atoms with Crippen LogP contribution in [0.3, 0.4) is 0 Å². The Bertz CT molecular complexity index is 341. The molecular formula is C11H17N3O2. The van der Waals surface area contributed by atoms with Gasteiger partial charge in [-0.15, -0.1) is 0 Å². The highest BCUT2D eigenvalue weighted by Crippen LogP contribution is 2.28. The number of aromatic nitrogens is 2. The zero-order valence-electron chi connectivity index (χ0n) is 9.32. The Balaban J connectivity index is 1.71. The third-order valence-electron chi connectivity index (χ3n) is 3.28. The summed E-state index contributed by atoms with van der Waals surface area (Å²) in [6.45, 7) is 1.86. The van der Waals surface area contributed by atoms with Gasteiger partial charge in [0.15, 0.2) is 5.82 Å². The van der Waals surface area contributed by atoms with E-state index in [1.54, 1.807) is 0 Å². The van der Waals surface area contributed by atoms with Gasteiger partial charge in [-0.05, 0) is 32.2 Å². The second kappa shape index (κ2) is 4.51. The van der Waals surface area contributed by atoms with E-state index in [1.165, 1.54) is 12.8 Å². The second-order valence-electron chi connectivity index (χ2n) is 4.49. The number of rotatable bonds is 2. The van der Waals surface area contributed by atoms with E-state index < -0.39 is 0 Å². The molecule has 0 radical (unpaired) electrons. The summed E-state index contributed by atoms with van der Waals surface area (Å²) in [5.41, 5.74) is 0. The van der Waals surface area contributed by atoms with E-state index >= 15 is 0 Å². The molecule has 1 aromatic rings. The monoisotopic (exact) mass is 223 g/mol. The zero-order valence-corrected chi connectivity index (χ0v) is 9.32. The van der Waals surface area contributed by atoms with Crippen molar-refractivity contribution in [2.75, 3.05) is 13.2 Å². The fourth-order valence-electron chi connectivity index (χ4n) is 2.36. The minimum atomic E-state index is 0.0323. The van der Waals surface area contributed by atoms with Crippen molar-refractivity contribution < 1.29 is 9.26 Å². The maximum atomic E-state index is 5.52. The molecule has 2 saturated heterocycles. The van der Waals surface area contributed by atoms with E-state index in [0.29, 0.717) is 5.89 Å². The van der Waals surface area contributed by atoms with E-state index in [4.69, 9.17) is 9.26 Å². The fourth-order valence-corrected chi connectivity index (χ4v) is 2.36. The first-order valence-corrected chi connectivity index (χ1v) is 6.12. The molecule has 0 saturated carbocycles. The number of nitrogens with zero attached hydrogens (tertiary/aromatic N) is 2. The molecule has 1 aromatic heterocycles. The van der Waals surface area contributed by atoms with Crippen molar-refractivity contribution in [1.82, 2.24) is 15.5 Å². The van der Waals surface area contributed by atoms with Crippen LogP contribution >= 0.6 is 0 Å². The molecule has 2 aliphatic rings. The molecule has 0 aliphatic carbocycles. The van der Waals surface area contributed by atoms with Crippen molar-refractivity contribution in [2.45, 2.75) is 44.2 Å². The summed E-state index contributed by atoms with van der Waals surface area (Å²) in [6, 6.07) is 0.271. The van der Waals surface area contributed by atoms with Crippen molar-refractivity contribution in [3.63, 3.8) is 0 Å². The molecule has 5 heteroatoms. The van der Waals surface area contributed by atoms with Crippen LogP contribution in [0.4, 0.5) is 0 Å². The standard InChI is InChI=1S/C11H17N3O2/c1-2-6-12-8(4-1)10-13-11(16-14-10)9-5-3-7-15-9/h8-9,12H,1-7H2. The van der Waals surface area contributed by atoms with Crippen molar-refractivity contribution in [1.29, 1.82) is 0 Å². The molecule has 0 amide bonds. The van der Waals surface area contributed by atoms with Gasteiger partial charge in [0.05, 0.1) is 6.04 Å². The molecule has 2 fully saturated rings. The molecule has 0 bridgehead atoms. The molecule has 2 unspecified atom stereocenters. The number of hydrogen-bond donors (Lipinski definition) is 1. The molecule has 1 N–H and O–H groups in total. The third kappa shape index (κ3) is 1.97. The van der Waals surface area contributed by atoms with Gasteiger partial charge in [0.1, 0.15) is 6.10 Å². The Morgan fingerprint density at radius 3 is 2.94 bits per heavy atom. The molecule has 3 heterocycles. The van der Waals surface area contributed by atoms with Crippen LogP contribution in [0.25, 0.3) is 0 Å². The van der Waals surface area contributed by atoms with Crippen LogP contribution < -0.4 is 5.32 Å². The second-order valence-corrected chi connectivity index (χ2v) is 4.49. The van der Waals surface area contributed by atoms with E-state index in [2.05, 4.69) is 15.5 Å². The Hall–Kier alpha value is -0.940. The van der Waals surface area contributed by atoms with Gasteiger partial charge in [-0.2, -0.15) is 4.98 Å². The van der Waals surface area contributed by atoms with E-state index in [0.717, 1.165) is 38.2 Å². The predicted molar refractivity (Wildman–Crippen MR) is 56.8 cm³/mol. The number of hydrogen-bond acceptors (Lipinski definition) is 5. The molecule has 88 valence electrons. The molecule has 2 atom stereocenters. The molecule has 0 spiro atoms. The topological polar surface area (TPSA) is 60.2 Å². The van der Waals surface area contributed by atoms with Crippen molar-refractivity contribution >= 4 is 0 Å². The number of nitrogens with one attached hydrogen (secondary N) is 1. The van der Waals surface area contributed by atoms with Crippen LogP contribution in [0.15, 0.2) is 4.52 Å². The van der Waals surface area contributed by atoms with Gasteiger partial charge in [0.2, 0.25) is 0 Å². The first kappa shape index (κ1) is 10.2. The lowest BCUT2D eigenvalue weighted by Gasteiger charge is -2.19. The summed E-state index contributed by atoms with van der Waals surface area (Å²) >= 11 is 0. The van der Waals surface area contributed by atoms with Crippen LogP contribution in [0, 0.1) is 0 Å². The van der Waals surface area contributed by atoms with E-state index in [1.807, 2.05) is 0 Å². The minimum absolute atomic E-state index is 0.0323. The Kier molecular flexibility index (Phi) is 2.88. The molecule has 3 rings (SSSR count). The minimum Gasteiger partial charge on any atom is -0.368 e. The van der Waals surface area contributed by atoms with Gasteiger partial charge in [0, 0.05) is 6.61 Å². The first-order chi connectivity index (χ1) is 7.93.